The third-order valence-electron chi connectivity index (χ3n) is 5.00. The maximum atomic E-state index is 12.8. The highest BCUT2D eigenvalue weighted by atomic mass is 16.6. The van der Waals surface area contributed by atoms with Crippen LogP contribution in [0.5, 0.6) is 0 Å². The number of aromatic nitrogens is 3. The first-order chi connectivity index (χ1) is 16.6. The number of carbonyl (C=O) groups excluding carboxylic acids is 2. The van der Waals surface area contributed by atoms with E-state index in [0.29, 0.717) is 47.6 Å². The summed E-state index contributed by atoms with van der Waals surface area (Å²) in [6, 6.07) is 11.9. The summed E-state index contributed by atoms with van der Waals surface area (Å²) in [4.78, 5) is 42.9. The summed E-state index contributed by atoms with van der Waals surface area (Å²) >= 11 is 0. The molecule has 3 rings (SSSR count). The summed E-state index contributed by atoms with van der Waals surface area (Å²) in [5, 5.41) is 14.6. The Hall–Kier alpha value is -4.39. The lowest BCUT2D eigenvalue weighted by atomic mass is 10.1. The quantitative estimate of drug-likeness (QED) is 0.504. The molecule has 10 heteroatoms. The molecule has 0 aliphatic rings. The fourth-order valence-corrected chi connectivity index (χ4v) is 3.18. The Bertz CT molecular complexity index is 1280. The van der Waals surface area contributed by atoms with Gasteiger partial charge in [-0.05, 0) is 57.0 Å². The van der Waals surface area contributed by atoms with Gasteiger partial charge in [0.25, 0.3) is 11.5 Å². The summed E-state index contributed by atoms with van der Waals surface area (Å²) < 4.78 is 6.57. The van der Waals surface area contributed by atoms with E-state index in [4.69, 9.17) is 10.00 Å². The second kappa shape index (κ2) is 10.7. The van der Waals surface area contributed by atoms with Crippen molar-refractivity contribution < 1.29 is 14.3 Å². The molecule has 0 radical (unpaired) electrons. The van der Waals surface area contributed by atoms with Crippen LogP contribution >= 0.6 is 0 Å². The Labute approximate surface area is 203 Å². The number of nitrogens with zero attached hydrogens (tertiary/aromatic N) is 4. The molecule has 35 heavy (non-hydrogen) atoms. The summed E-state index contributed by atoms with van der Waals surface area (Å²) in [5.74, 6) is 0.0338. The molecule has 3 aromatic rings. The Kier molecular flexibility index (Phi) is 7.71. The first kappa shape index (κ1) is 25.2. The zero-order chi connectivity index (χ0) is 25.6. The molecule has 0 unspecified atom stereocenters. The molecule has 0 fully saturated rings. The minimum Gasteiger partial charge on any atom is -0.444 e. The Morgan fingerprint density at radius 3 is 2.51 bits per heavy atom. The molecule has 182 valence electrons. The molecular weight excluding hydrogens is 448 g/mol. The molecule has 1 aromatic carbocycles. The second-order valence-electron chi connectivity index (χ2n) is 8.93. The zero-order valence-corrected chi connectivity index (χ0v) is 20.2. The Balaban J connectivity index is 1.56. The molecule has 2 N–H and O–H groups in total. The number of ether oxygens (including phenoxy) is 1. The average Bonchev–Trinajstić information content (AvgIpc) is 3.21. The summed E-state index contributed by atoms with van der Waals surface area (Å²) in [7, 11) is 1.65. The van der Waals surface area contributed by atoms with Gasteiger partial charge in [-0.2, -0.15) is 5.26 Å². The van der Waals surface area contributed by atoms with E-state index in [-0.39, 0.29) is 11.5 Å². The third-order valence-corrected chi connectivity index (χ3v) is 5.00. The summed E-state index contributed by atoms with van der Waals surface area (Å²) in [5.41, 5.74) is 1.12. The molecule has 0 bridgehead atoms. The van der Waals surface area contributed by atoms with Gasteiger partial charge in [0.15, 0.2) is 5.82 Å². The zero-order valence-electron chi connectivity index (χ0n) is 20.2. The molecule has 0 aliphatic heterocycles. The van der Waals surface area contributed by atoms with Crippen LogP contribution in [0, 0.1) is 11.3 Å². The van der Waals surface area contributed by atoms with Gasteiger partial charge < -0.3 is 15.0 Å². The lowest BCUT2D eigenvalue weighted by Crippen LogP contribution is -2.36. The smallest absolute Gasteiger partial charge is 0.410 e. The van der Waals surface area contributed by atoms with E-state index >= 15 is 0 Å². The van der Waals surface area contributed by atoms with E-state index in [2.05, 4.69) is 15.4 Å². The number of nitriles is 1. The van der Waals surface area contributed by atoms with Crippen LogP contribution in [0.3, 0.4) is 0 Å². The third kappa shape index (κ3) is 6.57. The second-order valence-corrected chi connectivity index (χ2v) is 8.93. The molecule has 0 aliphatic carbocycles. The SMILES string of the molecule is CN(CCCNC(=O)c1ccc(-n2[nH]cc(-c3ccc(C#N)cc3)c2=O)nc1)C(=O)OC(C)(C)C. The Morgan fingerprint density at radius 2 is 1.91 bits per heavy atom. The number of carbonyl (C=O) groups is 2. The van der Waals surface area contributed by atoms with Crippen molar-refractivity contribution in [1.29, 1.82) is 5.26 Å². The molecule has 2 heterocycles. The van der Waals surface area contributed by atoms with E-state index in [1.807, 2.05) is 6.07 Å². The summed E-state index contributed by atoms with van der Waals surface area (Å²) in [6.45, 7) is 6.22. The number of pyridine rings is 1. The van der Waals surface area contributed by atoms with Gasteiger partial charge in [-0.1, -0.05) is 12.1 Å². The molecule has 10 nitrogen and oxygen atoms in total. The van der Waals surface area contributed by atoms with Crippen LogP contribution < -0.4 is 10.9 Å². The van der Waals surface area contributed by atoms with Crippen molar-refractivity contribution in [3.05, 3.63) is 70.3 Å². The van der Waals surface area contributed by atoms with Gasteiger partial charge in [0.05, 0.1) is 22.8 Å². The van der Waals surface area contributed by atoms with E-state index in [1.54, 1.807) is 70.4 Å². The van der Waals surface area contributed by atoms with Crippen LogP contribution in [0.1, 0.15) is 43.1 Å². The van der Waals surface area contributed by atoms with Crippen molar-refractivity contribution in [2.75, 3.05) is 20.1 Å². The van der Waals surface area contributed by atoms with Crippen molar-refractivity contribution in [3.8, 4) is 23.0 Å². The summed E-state index contributed by atoms with van der Waals surface area (Å²) in [6.07, 6.45) is 3.11. The van der Waals surface area contributed by atoms with Crippen molar-refractivity contribution >= 4 is 12.0 Å². The van der Waals surface area contributed by atoms with E-state index in [1.165, 1.54) is 15.8 Å². The number of amides is 2. The number of hydrogen-bond donors (Lipinski definition) is 2. The standard InChI is InChI=1S/C25H28N6O4/c1-25(2,3)35-24(34)30(4)13-5-12-27-22(32)19-10-11-21(28-15-19)31-23(33)20(16-29-31)18-8-6-17(14-26)7-9-18/h6-11,15-16,29H,5,12-13H2,1-4H3,(H,27,32). The van der Waals surface area contributed by atoms with Gasteiger partial charge in [0, 0.05) is 32.5 Å². The van der Waals surface area contributed by atoms with Crippen LogP contribution in [0.15, 0.2) is 53.6 Å². The average molecular weight is 477 g/mol. The van der Waals surface area contributed by atoms with Crippen molar-refractivity contribution in [2.24, 2.45) is 0 Å². The first-order valence-electron chi connectivity index (χ1n) is 11.1. The van der Waals surface area contributed by atoms with Crippen LogP contribution in [-0.2, 0) is 4.74 Å². The number of benzene rings is 1. The minimum absolute atomic E-state index is 0.298. The normalized spacial score (nSPS) is 10.9. The first-order valence-corrected chi connectivity index (χ1v) is 11.1. The van der Waals surface area contributed by atoms with Gasteiger partial charge in [0.2, 0.25) is 0 Å². The molecule has 2 aromatic heterocycles. The number of aromatic amines is 1. The van der Waals surface area contributed by atoms with Gasteiger partial charge in [-0.25, -0.2) is 14.5 Å². The highest BCUT2D eigenvalue weighted by Gasteiger charge is 2.19. The van der Waals surface area contributed by atoms with Gasteiger partial charge in [-0.3, -0.25) is 14.7 Å². The number of rotatable bonds is 7. The molecule has 0 saturated carbocycles. The fourth-order valence-electron chi connectivity index (χ4n) is 3.18. The molecular formula is C25H28N6O4. The Morgan fingerprint density at radius 1 is 1.20 bits per heavy atom. The van der Waals surface area contributed by atoms with Crippen molar-refractivity contribution in [3.63, 3.8) is 0 Å². The maximum Gasteiger partial charge on any atom is 0.410 e. The minimum atomic E-state index is -0.560. The lowest BCUT2D eigenvalue weighted by Gasteiger charge is -2.24. The van der Waals surface area contributed by atoms with E-state index < -0.39 is 11.7 Å². The predicted molar refractivity (Wildman–Crippen MR) is 130 cm³/mol. The van der Waals surface area contributed by atoms with Crippen molar-refractivity contribution in [2.45, 2.75) is 32.8 Å². The van der Waals surface area contributed by atoms with Crippen molar-refractivity contribution in [1.82, 2.24) is 25.0 Å². The predicted octanol–water partition coefficient (Wildman–Crippen LogP) is 3.09. The molecule has 0 atom stereocenters. The highest BCUT2D eigenvalue weighted by molar-refractivity contribution is 5.93. The van der Waals surface area contributed by atoms with Crippen LogP contribution in [0.4, 0.5) is 4.79 Å². The number of H-pyrrole nitrogens is 1. The van der Waals surface area contributed by atoms with E-state index in [9.17, 15) is 14.4 Å². The fraction of sp³-hybridized carbons (Fsp3) is 0.320. The van der Waals surface area contributed by atoms with Gasteiger partial charge in [0.1, 0.15) is 5.60 Å². The molecule has 0 saturated heterocycles. The van der Waals surface area contributed by atoms with Gasteiger partial charge in [-0.15, -0.1) is 0 Å². The monoisotopic (exact) mass is 476 g/mol. The largest absolute Gasteiger partial charge is 0.444 e. The maximum absolute atomic E-state index is 12.8. The van der Waals surface area contributed by atoms with E-state index in [0.717, 1.165) is 0 Å². The number of hydrogen-bond acceptors (Lipinski definition) is 6. The molecule has 2 amide bonds. The lowest BCUT2D eigenvalue weighted by molar-refractivity contribution is 0.0297. The topological polar surface area (TPSA) is 133 Å². The molecule has 0 spiro atoms. The number of nitrogens with one attached hydrogen (secondary N) is 2. The van der Waals surface area contributed by atoms with Crippen LogP contribution in [0.25, 0.3) is 16.9 Å². The highest BCUT2D eigenvalue weighted by Crippen LogP contribution is 2.16. The van der Waals surface area contributed by atoms with Gasteiger partial charge >= 0.3 is 6.09 Å². The van der Waals surface area contributed by atoms with Crippen LogP contribution in [-0.4, -0.2) is 57.4 Å². The van der Waals surface area contributed by atoms with Crippen LogP contribution in [0.2, 0.25) is 0 Å².